The number of nitro groups is 1. The Bertz CT molecular complexity index is 634. The highest BCUT2D eigenvalue weighted by Crippen LogP contribution is 2.31. The van der Waals surface area contributed by atoms with Crippen molar-refractivity contribution in [3.05, 3.63) is 51.2 Å². The molecule has 1 aromatic carbocycles. The molecule has 2 rings (SSSR count). The van der Waals surface area contributed by atoms with Crippen molar-refractivity contribution >= 4 is 23.3 Å². The second-order valence-electron chi connectivity index (χ2n) is 3.39. The fraction of sp³-hybridized carbons (Fsp3) is 0. The molecule has 0 fully saturated rings. The van der Waals surface area contributed by atoms with Gasteiger partial charge in [-0.3, -0.25) is 10.1 Å². The summed E-state index contributed by atoms with van der Waals surface area (Å²) in [6, 6.07) is 6.80. The molecule has 7 heteroatoms. The van der Waals surface area contributed by atoms with Gasteiger partial charge in [0.05, 0.1) is 4.92 Å². The molecule has 92 valence electrons. The smallest absolute Gasteiger partial charge is 0.371 e. The highest BCUT2D eigenvalue weighted by Gasteiger charge is 2.16. The number of halogens is 1. The Kier molecular flexibility index (Phi) is 3.03. The Balaban J connectivity index is 2.47. The van der Waals surface area contributed by atoms with Gasteiger partial charge in [-0.05, 0) is 24.3 Å². The molecule has 0 aliphatic rings. The summed E-state index contributed by atoms with van der Waals surface area (Å²) in [6.07, 6.45) is 0. The van der Waals surface area contributed by atoms with Gasteiger partial charge in [0.15, 0.2) is 0 Å². The first kappa shape index (κ1) is 12.1. The van der Waals surface area contributed by atoms with Crippen LogP contribution in [0.2, 0.25) is 5.02 Å². The third-order valence-electron chi connectivity index (χ3n) is 2.24. The number of nitro benzene ring substituents is 1. The van der Waals surface area contributed by atoms with Crippen molar-refractivity contribution in [2.45, 2.75) is 0 Å². The third-order valence-corrected chi connectivity index (χ3v) is 2.56. The van der Waals surface area contributed by atoms with E-state index in [4.69, 9.17) is 21.1 Å². The fourth-order valence-corrected chi connectivity index (χ4v) is 1.60. The maximum atomic E-state index is 10.7. The zero-order chi connectivity index (χ0) is 13.3. The van der Waals surface area contributed by atoms with Crippen LogP contribution in [-0.4, -0.2) is 16.0 Å². The molecule has 2 aromatic rings. The van der Waals surface area contributed by atoms with E-state index in [1.165, 1.54) is 30.3 Å². The van der Waals surface area contributed by atoms with Crippen LogP contribution in [0.1, 0.15) is 10.6 Å². The van der Waals surface area contributed by atoms with Crippen molar-refractivity contribution in [3.8, 4) is 11.3 Å². The van der Waals surface area contributed by atoms with Crippen LogP contribution in [0.25, 0.3) is 11.3 Å². The second kappa shape index (κ2) is 4.50. The molecule has 0 atom stereocenters. The van der Waals surface area contributed by atoms with Gasteiger partial charge in [0.25, 0.3) is 5.69 Å². The zero-order valence-corrected chi connectivity index (χ0v) is 9.55. The Labute approximate surface area is 106 Å². The summed E-state index contributed by atoms with van der Waals surface area (Å²) in [5.41, 5.74) is 0.126. The monoisotopic (exact) mass is 267 g/mol. The number of furan rings is 1. The number of hydrogen-bond donors (Lipinski definition) is 1. The van der Waals surface area contributed by atoms with Gasteiger partial charge in [-0.15, -0.1) is 0 Å². The fourth-order valence-electron chi connectivity index (χ4n) is 1.41. The predicted octanol–water partition coefficient (Wildman–Crippen LogP) is 3.21. The van der Waals surface area contributed by atoms with E-state index in [0.717, 1.165) is 0 Å². The van der Waals surface area contributed by atoms with Crippen LogP contribution in [0.3, 0.4) is 0 Å². The number of benzene rings is 1. The van der Waals surface area contributed by atoms with E-state index in [2.05, 4.69) is 0 Å². The first-order valence-electron chi connectivity index (χ1n) is 4.76. The molecule has 0 radical (unpaired) electrons. The number of carbonyl (C=O) groups is 1. The molecule has 1 aromatic heterocycles. The van der Waals surface area contributed by atoms with Crippen LogP contribution >= 0.6 is 11.6 Å². The van der Waals surface area contributed by atoms with Gasteiger partial charge in [-0.2, -0.15) is 0 Å². The normalized spacial score (nSPS) is 10.3. The van der Waals surface area contributed by atoms with Gasteiger partial charge in [0.2, 0.25) is 5.76 Å². The first-order valence-corrected chi connectivity index (χ1v) is 5.14. The van der Waals surface area contributed by atoms with E-state index in [-0.39, 0.29) is 22.2 Å². The lowest BCUT2D eigenvalue weighted by Gasteiger charge is -1.99. The standard InChI is InChI=1S/C11H6ClNO5/c12-7-2-1-6(5-8(7)13(16)17)9-3-4-10(18-9)11(14)15/h1-5H,(H,14,15). The van der Waals surface area contributed by atoms with Crippen LogP contribution < -0.4 is 0 Å². The molecule has 1 N–H and O–H groups in total. The molecular weight excluding hydrogens is 262 g/mol. The minimum absolute atomic E-state index is 0.00811. The first-order chi connectivity index (χ1) is 8.49. The molecule has 0 saturated heterocycles. The van der Waals surface area contributed by atoms with Crippen LogP contribution in [0.4, 0.5) is 5.69 Å². The van der Waals surface area contributed by atoms with Crippen molar-refractivity contribution in [1.82, 2.24) is 0 Å². The summed E-state index contributed by atoms with van der Waals surface area (Å²) < 4.78 is 5.04. The number of rotatable bonds is 3. The maximum Gasteiger partial charge on any atom is 0.371 e. The number of nitrogens with zero attached hydrogens (tertiary/aromatic N) is 1. The summed E-state index contributed by atoms with van der Waals surface area (Å²) in [7, 11) is 0. The highest BCUT2D eigenvalue weighted by atomic mass is 35.5. The van der Waals surface area contributed by atoms with Crippen molar-refractivity contribution in [1.29, 1.82) is 0 Å². The summed E-state index contributed by atoms with van der Waals surface area (Å²) in [5, 5.41) is 19.4. The van der Waals surface area contributed by atoms with Crippen molar-refractivity contribution in [2.24, 2.45) is 0 Å². The summed E-state index contributed by atoms with van der Waals surface area (Å²) in [4.78, 5) is 20.7. The molecule has 0 unspecified atom stereocenters. The van der Waals surface area contributed by atoms with Gasteiger partial charge < -0.3 is 9.52 Å². The van der Waals surface area contributed by atoms with Crippen LogP contribution in [-0.2, 0) is 0 Å². The van der Waals surface area contributed by atoms with Crippen molar-refractivity contribution in [2.75, 3.05) is 0 Å². The molecule has 0 spiro atoms. The Morgan fingerprint density at radius 2 is 2.06 bits per heavy atom. The number of carboxylic acid groups (broad SMARTS) is 1. The van der Waals surface area contributed by atoms with Crippen LogP contribution in [0.15, 0.2) is 34.7 Å². The lowest BCUT2D eigenvalue weighted by molar-refractivity contribution is -0.384. The molecule has 0 saturated carbocycles. The third kappa shape index (κ3) is 2.18. The van der Waals surface area contributed by atoms with Crippen molar-refractivity contribution in [3.63, 3.8) is 0 Å². The number of hydrogen-bond acceptors (Lipinski definition) is 4. The number of carboxylic acids is 1. The van der Waals surface area contributed by atoms with Gasteiger partial charge in [0.1, 0.15) is 10.8 Å². The Hall–Kier alpha value is -2.34. The van der Waals surface area contributed by atoms with Crippen LogP contribution in [0, 0.1) is 10.1 Å². The largest absolute Gasteiger partial charge is 0.475 e. The van der Waals surface area contributed by atoms with E-state index in [9.17, 15) is 14.9 Å². The molecule has 0 aliphatic heterocycles. The molecule has 0 amide bonds. The molecular formula is C11H6ClNO5. The molecule has 6 nitrogen and oxygen atoms in total. The summed E-state index contributed by atoms with van der Waals surface area (Å²) in [5.74, 6) is -1.21. The predicted molar refractivity (Wildman–Crippen MR) is 62.8 cm³/mol. The minimum atomic E-state index is -1.20. The van der Waals surface area contributed by atoms with Gasteiger partial charge >= 0.3 is 5.97 Å². The topological polar surface area (TPSA) is 93.6 Å². The van der Waals surface area contributed by atoms with Gasteiger partial charge in [-0.25, -0.2) is 4.79 Å². The molecule has 18 heavy (non-hydrogen) atoms. The van der Waals surface area contributed by atoms with E-state index >= 15 is 0 Å². The van der Waals surface area contributed by atoms with E-state index < -0.39 is 10.9 Å². The summed E-state index contributed by atoms with van der Waals surface area (Å²) in [6.45, 7) is 0. The lowest BCUT2D eigenvalue weighted by atomic mass is 10.1. The van der Waals surface area contributed by atoms with E-state index in [0.29, 0.717) is 5.56 Å². The minimum Gasteiger partial charge on any atom is -0.475 e. The second-order valence-corrected chi connectivity index (χ2v) is 3.80. The van der Waals surface area contributed by atoms with E-state index in [1.807, 2.05) is 0 Å². The van der Waals surface area contributed by atoms with Crippen LogP contribution in [0.5, 0.6) is 0 Å². The zero-order valence-electron chi connectivity index (χ0n) is 8.79. The average Bonchev–Trinajstić information content (AvgIpc) is 2.78. The lowest BCUT2D eigenvalue weighted by Crippen LogP contribution is -1.92. The van der Waals surface area contributed by atoms with E-state index in [1.54, 1.807) is 0 Å². The molecule has 0 bridgehead atoms. The molecule has 1 heterocycles. The van der Waals surface area contributed by atoms with Gasteiger partial charge in [-0.1, -0.05) is 11.6 Å². The summed E-state index contributed by atoms with van der Waals surface area (Å²) >= 11 is 5.67. The van der Waals surface area contributed by atoms with Crippen molar-refractivity contribution < 1.29 is 19.2 Å². The SMILES string of the molecule is O=C(O)c1ccc(-c2ccc(Cl)c([N+](=O)[O-])c2)o1. The maximum absolute atomic E-state index is 10.7. The highest BCUT2D eigenvalue weighted by molar-refractivity contribution is 6.32. The Morgan fingerprint density at radius 3 is 2.61 bits per heavy atom. The number of aromatic carboxylic acids is 1. The Morgan fingerprint density at radius 1 is 1.33 bits per heavy atom. The average molecular weight is 268 g/mol. The quantitative estimate of drug-likeness (QED) is 0.681. The van der Waals surface area contributed by atoms with Gasteiger partial charge in [0, 0.05) is 11.6 Å². The molecule has 0 aliphatic carbocycles.